The first-order valence-corrected chi connectivity index (χ1v) is 4.29. The summed E-state index contributed by atoms with van der Waals surface area (Å²) in [5, 5.41) is 0. The van der Waals surface area contributed by atoms with Crippen LogP contribution in [0.25, 0.3) is 0 Å². The summed E-state index contributed by atoms with van der Waals surface area (Å²) in [5.41, 5.74) is 2.25. The molecule has 0 saturated carbocycles. The van der Waals surface area contributed by atoms with Crippen molar-refractivity contribution in [2.45, 2.75) is 20.0 Å². The van der Waals surface area contributed by atoms with Gasteiger partial charge in [0.15, 0.2) is 0 Å². The van der Waals surface area contributed by atoms with Crippen LogP contribution in [0.2, 0.25) is 0 Å². The summed E-state index contributed by atoms with van der Waals surface area (Å²) in [5.74, 6) is 5.93. The summed E-state index contributed by atoms with van der Waals surface area (Å²) in [7, 11) is 1.67. The summed E-state index contributed by atoms with van der Waals surface area (Å²) in [4.78, 5) is 4.61. The van der Waals surface area contributed by atoms with E-state index in [4.69, 9.17) is 10.6 Å². The molecule has 0 saturated heterocycles. The topological polar surface area (TPSA) is 44.5 Å². The van der Waals surface area contributed by atoms with Crippen LogP contribution in [-0.2, 0) is 17.9 Å². The SMILES string of the molecule is CCc1c(CON)cccc1OC. The van der Waals surface area contributed by atoms with E-state index in [0.717, 1.165) is 23.3 Å². The van der Waals surface area contributed by atoms with Gasteiger partial charge in [-0.25, -0.2) is 5.90 Å². The molecule has 0 bridgehead atoms. The lowest BCUT2D eigenvalue weighted by Crippen LogP contribution is -2.03. The van der Waals surface area contributed by atoms with Gasteiger partial charge in [0, 0.05) is 0 Å². The molecule has 0 unspecified atom stereocenters. The minimum absolute atomic E-state index is 0.431. The molecule has 0 aromatic heterocycles. The summed E-state index contributed by atoms with van der Waals surface area (Å²) in [6, 6.07) is 5.87. The Kier molecular flexibility index (Phi) is 3.73. The Morgan fingerprint density at radius 1 is 1.38 bits per heavy atom. The zero-order valence-electron chi connectivity index (χ0n) is 8.04. The van der Waals surface area contributed by atoms with Gasteiger partial charge in [-0.15, -0.1) is 0 Å². The highest BCUT2D eigenvalue weighted by atomic mass is 16.6. The molecule has 3 nitrogen and oxygen atoms in total. The van der Waals surface area contributed by atoms with Crippen molar-refractivity contribution in [2.24, 2.45) is 5.90 Å². The van der Waals surface area contributed by atoms with Gasteiger partial charge in [-0.3, -0.25) is 4.84 Å². The van der Waals surface area contributed by atoms with Gasteiger partial charge in [0.1, 0.15) is 5.75 Å². The number of rotatable bonds is 4. The van der Waals surface area contributed by atoms with Gasteiger partial charge in [0.2, 0.25) is 0 Å². The molecule has 0 aliphatic heterocycles. The molecule has 0 fully saturated rings. The van der Waals surface area contributed by atoms with E-state index < -0.39 is 0 Å². The van der Waals surface area contributed by atoms with Crippen LogP contribution in [0.15, 0.2) is 18.2 Å². The molecule has 3 heteroatoms. The van der Waals surface area contributed by atoms with Crippen LogP contribution in [0.4, 0.5) is 0 Å². The van der Waals surface area contributed by atoms with Crippen molar-refractivity contribution in [3.05, 3.63) is 29.3 Å². The maximum absolute atomic E-state index is 5.23. The van der Waals surface area contributed by atoms with Crippen LogP contribution in [-0.4, -0.2) is 7.11 Å². The predicted octanol–water partition coefficient (Wildman–Crippen LogP) is 1.65. The highest BCUT2D eigenvalue weighted by Gasteiger charge is 2.05. The van der Waals surface area contributed by atoms with E-state index >= 15 is 0 Å². The van der Waals surface area contributed by atoms with Crippen molar-refractivity contribution in [2.75, 3.05) is 7.11 Å². The largest absolute Gasteiger partial charge is 0.496 e. The van der Waals surface area contributed by atoms with Crippen LogP contribution in [0.5, 0.6) is 5.75 Å². The molecule has 13 heavy (non-hydrogen) atoms. The second-order valence-electron chi connectivity index (χ2n) is 2.76. The second kappa shape index (κ2) is 4.84. The Morgan fingerprint density at radius 2 is 2.15 bits per heavy atom. The molecule has 0 atom stereocenters. The number of hydrogen-bond donors (Lipinski definition) is 1. The molecule has 1 aromatic carbocycles. The first-order chi connectivity index (χ1) is 6.33. The maximum Gasteiger partial charge on any atom is 0.122 e. The average Bonchev–Trinajstić information content (AvgIpc) is 2.18. The smallest absolute Gasteiger partial charge is 0.122 e. The van der Waals surface area contributed by atoms with E-state index in [1.165, 1.54) is 0 Å². The molecule has 0 amide bonds. The van der Waals surface area contributed by atoms with E-state index in [1.807, 2.05) is 18.2 Å². The van der Waals surface area contributed by atoms with Gasteiger partial charge < -0.3 is 4.74 Å². The Labute approximate surface area is 78.4 Å². The molecule has 2 N–H and O–H groups in total. The van der Waals surface area contributed by atoms with Crippen LogP contribution in [0.3, 0.4) is 0 Å². The molecule has 0 heterocycles. The van der Waals surface area contributed by atoms with Crippen molar-refractivity contribution >= 4 is 0 Å². The number of benzene rings is 1. The second-order valence-corrected chi connectivity index (χ2v) is 2.76. The standard InChI is InChI=1S/C10H15NO2/c1-3-9-8(7-13-11)5-4-6-10(9)12-2/h4-6H,3,7,11H2,1-2H3. The summed E-state index contributed by atoms with van der Waals surface area (Å²) in [6.07, 6.45) is 0.919. The van der Waals surface area contributed by atoms with Crippen LogP contribution in [0, 0.1) is 0 Å². The molecule has 0 spiro atoms. The van der Waals surface area contributed by atoms with Crippen molar-refractivity contribution in [3.8, 4) is 5.75 Å². The Bertz CT molecular complexity index is 274. The van der Waals surface area contributed by atoms with Gasteiger partial charge >= 0.3 is 0 Å². The Hall–Kier alpha value is -1.06. The predicted molar refractivity (Wildman–Crippen MR) is 51.3 cm³/mol. The summed E-state index contributed by atoms with van der Waals surface area (Å²) >= 11 is 0. The number of nitrogens with two attached hydrogens (primary N) is 1. The van der Waals surface area contributed by atoms with Gasteiger partial charge in [0.25, 0.3) is 0 Å². The van der Waals surface area contributed by atoms with E-state index in [1.54, 1.807) is 7.11 Å². The van der Waals surface area contributed by atoms with Crippen molar-refractivity contribution in [1.82, 2.24) is 0 Å². The summed E-state index contributed by atoms with van der Waals surface area (Å²) < 4.78 is 5.23. The van der Waals surface area contributed by atoms with Gasteiger partial charge in [-0.05, 0) is 23.6 Å². The highest BCUT2D eigenvalue weighted by Crippen LogP contribution is 2.22. The van der Waals surface area contributed by atoms with E-state index in [-0.39, 0.29) is 0 Å². The lowest BCUT2D eigenvalue weighted by molar-refractivity contribution is 0.123. The molecule has 1 rings (SSSR count). The van der Waals surface area contributed by atoms with E-state index in [9.17, 15) is 0 Å². The average molecular weight is 181 g/mol. The molecular weight excluding hydrogens is 166 g/mol. The lowest BCUT2D eigenvalue weighted by Gasteiger charge is -2.10. The molecule has 0 aliphatic carbocycles. The zero-order valence-corrected chi connectivity index (χ0v) is 8.04. The monoisotopic (exact) mass is 181 g/mol. The lowest BCUT2D eigenvalue weighted by atomic mass is 10.0. The first-order valence-electron chi connectivity index (χ1n) is 4.29. The minimum atomic E-state index is 0.431. The quantitative estimate of drug-likeness (QED) is 0.718. The third-order valence-corrected chi connectivity index (χ3v) is 2.04. The van der Waals surface area contributed by atoms with Crippen LogP contribution >= 0.6 is 0 Å². The Morgan fingerprint density at radius 3 is 2.69 bits per heavy atom. The molecule has 72 valence electrons. The third-order valence-electron chi connectivity index (χ3n) is 2.04. The molecular formula is C10H15NO2. The molecule has 1 aromatic rings. The molecule has 0 radical (unpaired) electrons. The van der Waals surface area contributed by atoms with Crippen molar-refractivity contribution < 1.29 is 9.57 Å². The van der Waals surface area contributed by atoms with Gasteiger partial charge in [-0.2, -0.15) is 0 Å². The first kappa shape index (κ1) is 10.0. The normalized spacial score (nSPS) is 10.1. The third kappa shape index (κ3) is 2.20. The van der Waals surface area contributed by atoms with Crippen LogP contribution < -0.4 is 10.6 Å². The Balaban J connectivity index is 3.03. The van der Waals surface area contributed by atoms with Crippen LogP contribution in [0.1, 0.15) is 18.1 Å². The molecule has 0 aliphatic rings. The fraction of sp³-hybridized carbons (Fsp3) is 0.400. The van der Waals surface area contributed by atoms with E-state index in [2.05, 4.69) is 11.8 Å². The summed E-state index contributed by atoms with van der Waals surface area (Å²) in [6.45, 7) is 2.51. The van der Waals surface area contributed by atoms with Gasteiger partial charge in [0.05, 0.1) is 13.7 Å². The highest BCUT2D eigenvalue weighted by molar-refractivity contribution is 5.39. The number of ether oxygens (including phenoxy) is 1. The zero-order chi connectivity index (χ0) is 9.68. The van der Waals surface area contributed by atoms with Crippen molar-refractivity contribution in [3.63, 3.8) is 0 Å². The number of hydrogen-bond acceptors (Lipinski definition) is 3. The maximum atomic E-state index is 5.23. The fourth-order valence-electron chi connectivity index (χ4n) is 1.43. The van der Waals surface area contributed by atoms with E-state index in [0.29, 0.717) is 6.61 Å². The number of methoxy groups -OCH3 is 1. The fourth-order valence-corrected chi connectivity index (χ4v) is 1.43. The minimum Gasteiger partial charge on any atom is -0.496 e. The van der Waals surface area contributed by atoms with Gasteiger partial charge in [-0.1, -0.05) is 19.1 Å². The van der Waals surface area contributed by atoms with Crippen molar-refractivity contribution in [1.29, 1.82) is 0 Å².